The molecule has 0 unspecified atom stereocenters. The third kappa shape index (κ3) is 4.85. The van der Waals surface area contributed by atoms with Gasteiger partial charge in [-0.25, -0.2) is 0 Å². The van der Waals surface area contributed by atoms with Crippen LogP contribution in [0.1, 0.15) is 44.1 Å². The fourth-order valence-electron chi connectivity index (χ4n) is 3.51. The number of hydrogen-bond acceptors (Lipinski definition) is 3. The number of aryl methyl sites for hydroxylation is 1. The van der Waals surface area contributed by atoms with Crippen molar-refractivity contribution in [2.24, 2.45) is 0 Å². The Kier molecular flexibility index (Phi) is 7.19. The van der Waals surface area contributed by atoms with Crippen molar-refractivity contribution in [1.82, 2.24) is 0 Å². The Morgan fingerprint density at radius 1 is 1.30 bits per heavy atom. The van der Waals surface area contributed by atoms with Crippen LogP contribution in [0.15, 0.2) is 41.8 Å². The van der Waals surface area contributed by atoms with Gasteiger partial charge in [-0.15, -0.1) is 18.3 Å². The molecule has 1 saturated carbocycles. The molecule has 0 aromatic heterocycles. The maximum absolute atomic E-state index is 6.13. The molecule has 0 radical (unpaired) electrons. The number of hydrogen-bond donors (Lipinski definition) is 0. The van der Waals surface area contributed by atoms with Crippen molar-refractivity contribution in [3.05, 3.63) is 42.5 Å². The van der Waals surface area contributed by atoms with Crippen LogP contribution in [0.25, 0.3) is 0 Å². The molecule has 2 nitrogen and oxygen atoms in total. The van der Waals surface area contributed by atoms with E-state index in [1.165, 1.54) is 29.7 Å². The fourth-order valence-corrected chi connectivity index (χ4v) is 4.94. The van der Waals surface area contributed by atoms with E-state index in [2.05, 4.69) is 37.8 Å². The van der Waals surface area contributed by atoms with E-state index in [1.54, 1.807) is 7.11 Å². The van der Waals surface area contributed by atoms with Crippen molar-refractivity contribution in [3.8, 4) is 0 Å². The van der Waals surface area contributed by atoms with Crippen molar-refractivity contribution >= 4 is 11.8 Å². The maximum atomic E-state index is 6.13. The van der Waals surface area contributed by atoms with Gasteiger partial charge in [-0.1, -0.05) is 36.6 Å². The first-order valence-electron chi connectivity index (χ1n) is 8.55. The summed E-state index contributed by atoms with van der Waals surface area (Å²) in [4.78, 5) is 1.33. The van der Waals surface area contributed by atoms with Crippen LogP contribution in [0.3, 0.4) is 0 Å². The van der Waals surface area contributed by atoms with Crippen molar-refractivity contribution < 1.29 is 9.47 Å². The molecule has 3 atom stereocenters. The third-order valence-electron chi connectivity index (χ3n) is 4.94. The highest BCUT2D eigenvalue weighted by Crippen LogP contribution is 2.45. The van der Waals surface area contributed by atoms with E-state index in [9.17, 15) is 0 Å². The largest absolute Gasteiger partial charge is 0.381 e. The molecule has 1 aromatic carbocycles. The lowest BCUT2D eigenvalue weighted by Crippen LogP contribution is -2.47. The summed E-state index contributed by atoms with van der Waals surface area (Å²) in [5.41, 5.74) is 1.21. The number of benzene rings is 1. The standard InChI is InChI=1S/C20H30O2S/c1-5-8-17(21-3)15-20(22-4)14-7-6-9-19(20)23-18-12-10-16(2)11-13-18/h5,10-13,17,19H,1,6-9,14-15H2,2-4H3/t17-,19+,20+/m0/s1. The van der Waals surface area contributed by atoms with Crippen molar-refractivity contribution in [3.63, 3.8) is 0 Å². The maximum Gasteiger partial charge on any atom is 0.0825 e. The minimum Gasteiger partial charge on any atom is -0.381 e. The number of ether oxygens (including phenoxy) is 2. The lowest BCUT2D eigenvalue weighted by Gasteiger charge is -2.44. The zero-order valence-electron chi connectivity index (χ0n) is 14.7. The van der Waals surface area contributed by atoms with E-state index in [0.717, 1.165) is 19.3 Å². The average Bonchev–Trinajstić information content (AvgIpc) is 2.58. The highest BCUT2D eigenvalue weighted by molar-refractivity contribution is 8.00. The van der Waals surface area contributed by atoms with E-state index in [1.807, 2.05) is 24.9 Å². The molecule has 0 heterocycles. The Morgan fingerprint density at radius 3 is 2.65 bits per heavy atom. The van der Waals surface area contributed by atoms with Crippen LogP contribution in [0.4, 0.5) is 0 Å². The van der Waals surface area contributed by atoms with Gasteiger partial charge in [-0.3, -0.25) is 0 Å². The van der Waals surface area contributed by atoms with Crippen molar-refractivity contribution in [2.45, 2.75) is 67.3 Å². The minimum atomic E-state index is -0.0997. The molecule has 0 amide bonds. The average molecular weight is 335 g/mol. The minimum absolute atomic E-state index is 0.0997. The summed E-state index contributed by atoms with van der Waals surface area (Å²) in [7, 11) is 3.66. The summed E-state index contributed by atoms with van der Waals surface area (Å²) >= 11 is 1.97. The quantitative estimate of drug-likeness (QED) is 0.593. The molecular formula is C20H30O2S. The second kappa shape index (κ2) is 8.91. The van der Waals surface area contributed by atoms with E-state index < -0.39 is 0 Å². The first-order valence-corrected chi connectivity index (χ1v) is 9.43. The molecule has 128 valence electrons. The Hall–Kier alpha value is -0.770. The molecule has 1 aliphatic rings. The normalized spacial score (nSPS) is 26.0. The van der Waals surface area contributed by atoms with Gasteiger partial charge >= 0.3 is 0 Å². The van der Waals surface area contributed by atoms with Gasteiger partial charge in [-0.2, -0.15) is 0 Å². The number of thioether (sulfide) groups is 1. The lowest BCUT2D eigenvalue weighted by atomic mass is 9.79. The van der Waals surface area contributed by atoms with Gasteiger partial charge in [0.25, 0.3) is 0 Å². The smallest absolute Gasteiger partial charge is 0.0825 e. The summed E-state index contributed by atoms with van der Waals surface area (Å²) in [5, 5.41) is 0.478. The van der Waals surface area contributed by atoms with Crippen LogP contribution >= 0.6 is 11.8 Å². The number of rotatable bonds is 8. The molecule has 1 fully saturated rings. The van der Waals surface area contributed by atoms with Crippen LogP contribution < -0.4 is 0 Å². The van der Waals surface area contributed by atoms with Gasteiger partial charge in [0.2, 0.25) is 0 Å². The van der Waals surface area contributed by atoms with E-state index in [0.29, 0.717) is 5.25 Å². The Bertz CT molecular complexity index is 485. The molecule has 0 saturated heterocycles. The van der Waals surface area contributed by atoms with E-state index in [4.69, 9.17) is 9.47 Å². The van der Waals surface area contributed by atoms with Gasteiger partial charge in [0.15, 0.2) is 0 Å². The van der Waals surface area contributed by atoms with Crippen molar-refractivity contribution in [2.75, 3.05) is 14.2 Å². The van der Waals surface area contributed by atoms with E-state index in [-0.39, 0.29) is 11.7 Å². The molecule has 2 rings (SSSR count). The summed E-state index contributed by atoms with van der Waals surface area (Å²) in [6, 6.07) is 8.84. The van der Waals surface area contributed by atoms with Gasteiger partial charge in [-0.05, 0) is 38.3 Å². The first-order chi connectivity index (χ1) is 11.1. The van der Waals surface area contributed by atoms with Crippen LogP contribution in [0.5, 0.6) is 0 Å². The molecule has 0 aliphatic heterocycles. The Balaban J connectivity index is 2.15. The Labute approximate surface area is 145 Å². The zero-order chi connectivity index (χ0) is 16.7. The third-order valence-corrected chi connectivity index (χ3v) is 6.44. The van der Waals surface area contributed by atoms with Crippen LogP contribution in [0.2, 0.25) is 0 Å². The first kappa shape index (κ1) is 18.6. The summed E-state index contributed by atoms with van der Waals surface area (Å²) < 4.78 is 11.8. The molecule has 3 heteroatoms. The predicted octanol–water partition coefficient (Wildman–Crippen LogP) is 5.40. The topological polar surface area (TPSA) is 18.5 Å². The summed E-state index contributed by atoms with van der Waals surface area (Å²) in [5.74, 6) is 0. The monoisotopic (exact) mass is 334 g/mol. The second-order valence-corrected chi connectivity index (χ2v) is 7.80. The second-order valence-electron chi connectivity index (χ2n) is 6.52. The highest BCUT2D eigenvalue weighted by atomic mass is 32.2. The van der Waals surface area contributed by atoms with Gasteiger partial charge in [0.1, 0.15) is 0 Å². The molecule has 23 heavy (non-hydrogen) atoms. The van der Waals surface area contributed by atoms with Gasteiger partial charge < -0.3 is 9.47 Å². The SMILES string of the molecule is C=CC[C@@H](C[C@]1(OC)CCCC[C@H]1Sc1ccc(C)cc1)OC. The predicted molar refractivity (Wildman–Crippen MR) is 99.3 cm³/mol. The number of methoxy groups -OCH3 is 2. The fraction of sp³-hybridized carbons (Fsp3) is 0.600. The Morgan fingerprint density at radius 2 is 2.04 bits per heavy atom. The molecule has 0 bridgehead atoms. The summed E-state index contributed by atoms with van der Waals surface area (Å²) in [6.07, 6.45) is 8.80. The molecule has 1 aliphatic carbocycles. The molecule has 1 aromatic rings. The van der Waals surface area contributed by atoms with Gasteiger partial charge in [0, 0.05) is 30.8 Å². The van der Waals surface area contributed by atoms with Crippen LogP contribution in [-0.2, 0) is 9.47 Å². The van der Waals surface area contributed by atoms with Crippen LogP contribution in [-0.4, -0.2) is 31.2 Å². The van der Waals surface area contributed by atoms with Crippen molar-refractivity contribution in [1.29, 1.82) is 0 Å². The molecule has 0 N–H and O–H groups in total. The molecular weight excluding hydrogens is 304 g/mol. The van der Waals surface area contributed by atoms with Gasteiger partial charge in [0.05, 0.1) is 11.7 Å². The molecule has 0 spiro atoms. The lowest BCUT2D eigenvalue weighted by molar-refractivity contribution is -0.0721. The van der Waals surface area contributed by atoms with E-state index >= 15 is 0 Å². The van der Waals surface area contributed by atoms with Crippen LogP contribution in [0, 0.1) is 6.92 Å². The zero-order valence-corrected chi connectivity index (χ0v) is 15.5. The summed E-state index contributed by atoms with van der Waals surface area (Å²) in [6.45, 7) is 5.99. The highest BCUT2D eigenvalue weighted by Gasteiger charge is 2.43.